The number of hydrogen-bond acceptors (Lipinski definition) is 3. The van der Waals surface area contributed by atoms with Crippen molar-refractivity contribution < 1.29 is 13.5 Å². The molecule has 0 saturated carbocycles. The summed E-state index contributed by atoms with van der Waals surface area (Å²) in [6.45, 7) is 2.78. The van der Waals surface area contributed by atoms with Crippen molar-refractivity contribution in [2.24, 2.45) is 0 Å². The molecule has 14 heavy (non-hydrogen) atoms. The van der Waals surface area contributed by atoms with Crippen LogP contribution in [0.25, 0.3) is 0 Å². The van der Waals surface area contributed by atoms with Gasteiger partial charge in [0.05, 0.1) is 6.61 Å². The van der Waals surface area contributed by atoms with Gasteiger partial charge in [0.25, 0.3) is 6.43 Å². The van der Waals surface area contributed by atoms with Gasteiger partial charge in [0.2, 0.25) is 0 Å². The fourth-order valence-electron chi connectivity index (χ4n) is 1.49. The van der Waals surface area contributed by atoms with Crippen molar-refractivity contribution in [2.45, 2.75) is 31.1 Å². The monoisotopic (exact) mass is 225 g/mol. The second-order valence-corrected chi connectivity index (χ2v) is 4.88. The van der Waals surface area contributed by atoms with E-state index in [0.717, 1.165) is 0 Å². The number of hydrogen-bond donors (Lipinski definition) is 1. The van der Waals surface area contributed by atoms with E-state index in [9.17, 15) is 8.78 Å². The van der Waals surface area contributed by atoms with Gasteiger partial charge in [0.1, 0.15) is 6.61 Å². The minimum Gasteiger partial charge on any atom is -0.374 e. The van der Waals surface area contributed by atoms with E-state index < -0.39 is 13.0 Å². The van der Waals surface area contributed by atoms with Crippen LogP contribution in [0.2, 0.25) is 0 Å². The zero-order valence-electron chi connectivity index (χ0n) is 8.34. The van der Waals surface area contributed by atoms with Gasteiger partial charge in [0.15, 0.2) is 0 Å². The van der Waals surface area contributed by atoms with Crippen LogP contribution in [0.15, 0.2) is 0 Å². The molecule has 0 radical (unpaired) electrons. The lowest BCUT2D eigenvalue weighted by atomic mass is 10.2. The molecule has 0 spiro atoms. The zero-order valence-corrected chi connectivity index (χ0v) is 9.16. The topological polar surface area (TPSA) is 21.3 Å². The molecule has 1 aliphatic heterocycles. The molecule has 0 amide bonds. The predicted octanol–water partition coefficient (Wildman–Crippen LogP) is 1.75. The lowest BCUT2D eigenvalue weighted by Crippen LogP contribution is -2.35. The molecule has 0 aromatic rings. The van der Waals surface area contributed by atoms with Gasteiger partial charge in [-0.1, -0.05) is 6.92 Å². The van der Waals surface area contributed by atoms with Gasteiger partial charge < -0.3 is 10.1 Å². The van der Waals surface area contributed by atoms with E-state index in [1.54, 1.807) is 0 Å². The SMILES string of the molecule is CC1SCCC1NCCOCC(F)F. The van der Waals surface area contributed by atoms with Crippen LogP contribution in [0.3, 0.4) is 0 Å². The highest BCUT2D eigenvalue weighted by molar-refractivity contribution is 8.00. The first-order valence-corrected chi connectivity index (χ1v) is 5.96. The van der Waals surface area contributed by atoms with Crippen LogP contribution >= 0.6 is 11.8 Å². The molecule has 2 nitrogen and oxygen atoms in total. The predicted molar refractivity (Wildman–Crippen MR) is 55.2 cm³/mol. The summed E-state index contributed by atoms with van der Waals surface area (Å²) >= 11 is 1.95. The number of alkyl halides is 2. The zero-order chi connectivity index (χ0) is 10.4. The Bertz CT molecular complexity index is 160. The quantitative estimate of drug-likeness (QED) is 0.696. The maximum Gasteiger partial charge on any atom is 0.261 e. The third-order valence-electron chi connectivity index (χ3n) is 2.27. The van der Waals surface area contributed by atoms with Crippen molar-refractivity contribution in [1.29, 1.82) is 0 Å². The van der Waals surface area contributed by atoms with E-state index in [-0.39, 0.29) is 0 Å². The van der Waals surface area contributed by atoms with Gasteiger partial charge in [-0.15, -0.1) is 0 Å². The Labute approximate surface area is 87.8 Å². The fourth-order valence-corrected chi connectivity index (χ4v) is 2.72. The molecule has 1 N–H and O–H groups in total. The molecule has 1 saturated heterocycles. The van der Waals surface area contributed by atoms with Crippen molar-refractivity contribution in [3.8, 4) is 0 Å². The highest BCUT2D eigenvalue weighted by Crippen LogP contribution is 2.25. The average molecular weight is 225 g/mol. The molecule has 0 aromatic heterocycles. The van der Waals surface area contributed by atoms with Gasteiger partial charge in [-0.05, 0) is 12.2 Å². The molecule has 5 heteroatoms. The number of ether oxygens (including phenoxy) is 1. The lowest BCUT2D eigenvalue weighted by Gasteiger charge is -2.16. The summed E-state index contributed by atoms with van der Waals surface area (Å²) in [7, 11) is 0. The van der Waals surface area contributed by atoms with E-state index in [0.29, 0.717) is 24.4 Å². The van der Waals surface area contributed by atoms with Crippen molar-refractivity contribution >= 4 is 11.8 Å². The molecular weight excluding hydrogens is 208 g/mol. The van der Waals surface area contributed by atoms with Crippen LogP contribution in [-0.2, 0) is 4.74 Å². The van der Waals surface area contributed by atoms with Gasteiger partial charge in [0, 0.05) is 17.8 Å². The number of halogens is 2. The number of rotatable bonds is 6. The molecule has 2 atom stereocenters. The molecule has 1 aliphatic rings. The number of thioether (sulfide) groups is 1. The van der Waals surface area contributed by atoms with Gasteiger partial charge >= 0.3 is 0 Å². The Morgan fingerprint density at radius 1 is 1.57 bits per heavy atom. The highest BCUT2D eigenvalue weighted by Gasteiger charge is 2.22. The summed E-state index contributed by atoms with van der Waals surface area (Å²) in [4.78, 5) is 0. The van der Waals surface area contributed by atoms with Crippen molar-refractivity contribution in [1.82, 2.24) is 5.32 Å². The second kappa shape index (κ2) is 6.58. The average Bonchev–Trinajstić information content (AvgIpc) is 2.51. The maximum absolute atomic E-state index is 11.7. The van der Waals surface area contributed by atoms with Crippen LogP contribution in [0.5, 0.6) is 0 Å². The first kappa shape index (κ1) is 12.2. The Morgan fingerprint density at radius 2 is 2.36 bits per heavy atom. The van der Waals surface area contributed by atoms with E-state index in [1.165, 1.54) is 12.2 Å². The fraction of sp³-hybridized carbons (Fsp3) is 1.00. The molecule has 0 aliphatic carbocycles. The smallest absolute Gasteiger partial charge is 0.261 e. The lowest BCUT2D eigenvalue weighted by molar-refractivity contribution is 0.0182. The summed E-state index contributed by atoms with van der Waals surface area (Å²) in [5.41, 5.74) is 0. The normalized spacial score (nSPS) is 27.4. The van der Waals surface area contributed by atoms with Crippen LogP contribution in [-0.4, -0.2) is 43.2 Å². The van der Waals surface area contributed by atoms with E-state index in [4.69, 9.17) is 4.74 Å². The van der Waals surface area contributed by atoms with Gasteiger partial charge in [-0.3, -0.25) is 0 Å². The van der Waals surface area contributed by atoms with Crippen LogP contribution in [0, 0.1) is 0 Å². The Morgan fingerprint density at radius 3 is 2.93 bits per heavy atom. The first-order chi connectivity index (χ1) is 6.70. The number of nitrogens with one attached hydrogen (secondary N) is 1. The summed E-state index contributed by atoms with van der Waals surface area (Å²) in [5, 5.41) is 3.94. The van der Waals surface area contributed by atoms with Crippen molar-refractivity contribution in [2.75, 3.05) is 25.5 Å². The van der Waals surface area contributed by atoms with E-state index in [1.807, 2.05) is 11.8 Å². The molecular formula is C9H17F2NOS. The minimum atomic E-state index is -2.35. The molecule has 1 fully saturated rings. The Hall–Kier alpha value is 0.130. The molecule has 0 bridgehead atoms. The van der Waals surface area contributed by atoms with E-state index in [2.05, 4.69) is 12.2 Å². The molecule has 1 rings (SSSR count). The summed E-state index contributed by atoms with van der Waals surface area (Å²) in [6.07, 6.45) is -1.18. The second-order valence-electron chi connectivity index (χ2n) is 3.39. The summed E-state index contributed by atoms with van der Waals surface area (Å²) < 4.78 is 28.1. The first-order valence-electron chi connectivity index (χ1n) is 4.91. The molecule has 0 aromatic carbocycles. The largest absolute Gasteiger partial charge is 0.374 e. The third-order valence-corrected chi connectivity index (χ3v) is 3.60. The Kier molecular flexibility index (Phi) is 5.74. The molecule has 1 heterocycles. The standard InChI is InChI=1S/C9H17F2NOS/c1-7-8(2-5-14-7)12-3-4-13-6-9(10)11/h7-9,12H,2-6H2,1H3. The van der Waals surface area contributed by atoms with Crippen molar-refractivity contribution in [3.63, 3.8) is 0 Å². The minimum absolute atomic E-state index is 0.373. The summed E-state index contributed by atoms with van der Waals surface area (Å²) in [6, 6.07) is 0.523. The van der Waals surface area contributed by atoms with Crippen LogP contribution in [0.4, 0.5) is 8.78 Å². The van der Waals surface area contributed by atoms with Crippen LogP contribution in [0.1, 0.15) is 13.3 Å². The highest BCUT2D eigenvalue weighted by atomic mass is 32.2. The Balaban J connectivity index is 1.93. The molecule has 2 unspecified atom stereocenters. The van der Waals surface area contributed by atoms with E-state index >= 15 is 0 Å². The third kappa shape index (κ3) is 4.57. The van der Waals surface area contributed by atoms with Gasteiger partial charge in [-0.25, -0.2) is 8.78 Å². The molecule has 84 valence electrons. The van der Waals surface area contributed by atoms with Crippen LogP contribution < -0.4 is 5.32 Å². The van der Waals surface area contributed by atoms with Crippen molar-refractivity contribution in [3.05, 3.63) is 0 Å². The van der Waals surface area contributed by atoms with Gasteiger partial charge in [-0.2, -0.15) is 11.8 Å². The summed E-state index contributed by atoms with van der Waals surface area (Å²) in [5.74, 6) is 1.19. The maximum atomic E-state index is 11.7.